The Morgan fingerprint density at radius 1 is 1.53 bits per heavy atom. The first-order chi connectivity index (χ1) is 9.24. The Morgan fingerprint density at radius 3 is 3.16 bits per heavy atom. The maximum atomic E-state index is 9.83. The predicted octanol–water partition coefficient (Wildman–Crippen LogP) is 1.50. The zero-order valence-corrected chi connectivity index (χ0v) is 11.5. The van der Waals surface area contributed by atoms with Gasteiger partial charge in [0.05, 0.1) is 6.10 Å². The number of rotatable bonds is 7. The summed E-state index contributed by atoms with van der Waals surface area (Å²) in [6.07, 6.45) is 2.07. The molecule has 0 amide bonds. The van der Waals surface area contributed by atoms with Gasteiger partial charge in [-0.1, -0.05) is 12.1 Å². The topological polar surface area (TPSA) is 50.7 Å². The van der Waals surface area contributed by atoms with E-state index in [0.717, 1.165) is 37.3 Å². The van der Waals surface area contributed by atoms with Gasteiger partial charge in [0.2, 0.25) is 0 Å². The van der Waals surface area contributed by atoms with Gasteiger partial charge >= 0.3 is 0 Å². The minimum Gasteiger partial charge on any atom is -0.491 e. The molecule has 0 aromatic heterocycles. The number of aryl methyl sites for hydroxylation is 1. The van der Waals surface area contributed by atoms with Crippen LogP contribution in [-0.2, 0) is 4.74 Å². The first-order valence-electron chi connectivity index (χ1n) is 6.94. The second-order valence-corrected chi connectivity index (χ2v) is 5.07. The van der Waals surface area contributed by atoms with Crippen molar-refractivity contribution >= 4 is 0 Å². The van der Waals surface area contributed by atoms with Crippen molar-refractivity contribution < 1.29 is 14.6 Å². The Hall–Kier alpha value is -1.10. The molecule has 0 bridgehead atoms. The highest BCUT2D eigenvalue weighted by Gasteiger charge is 2.15. The monoisotopic (exact) mass is 265 g/mol. The van der Waals surface area contributed by atoms with E-state index in [1.165, 1.54) is 0 Å². The van der Waals surface area contributed by atoms with Crippen LogP contribution in [0.1, 0.15) is 18.4 Å². The lowest BCUT2D eigenvalue weighted by Gasteiger charge is -2.15. The van der Waals surface area contributed by atoms with E-state index in [2.05, 4.69) is 5.32 Å². The van der Waals surface area contributed by atoms with E-state index in [1.54, 1.807) is 0 Å². The Bertz CT molecular complexity index is 377. The van der Waals surface area contributed by atoms with Crippen LogP contribution in [0.2, 0.25) is 0 Å². The molecule has 2 atom stereocenters. The number of aliphatic hydroxyl groups excluding tert-OH is 1. The molecule has 1 aliphatic heterocycles. The van der Waals surface area contributed by atoms with Crippen molar-refractivity contribution in [3.8, 4) is 5.75 Å². The van der Waals surface area contributed by atoms with E-state index in [0.29, 0.717) is 19.3 Å². The van der Waals surface area contributed by atoms with Crippen molar-refractivity contribution in [2.75, 3.05) is 26.3 Å². The van der Waals surface area contributed by atoms with Gasteiger partial charge in [-0.05, 0) is 37.5 Å². The summed E-state index contributed by atoms with van der Waals surface area (Å²) in [6, 6.07) is 7.84. The molecule has 1 aromatic rings. The smallest absolute Gasteiger partial charge is 0.119 e. The minimum absolute atomic E-state index is 0.308. The van der Waals surface area contributed by atoms with Gasteiger partial charge in [0.15, 0.2) is 0 Å². The first-order valence-corrected chi connectivity index (χ1v) is 6.94. The first kappa shape index (κ1) is 14.3. The summed E-state index contributed by atoms with van der Waals surface area (Å²) in [5.41, 5.74) is 1.16. The maximum Gasteiger partial charge on any atom is 0.119 e. The number of nitrogens with one attached hydrogen (secondary N) is 1. The maximum absolute atomic E-state index is 9.83. The van der Waals surface area contributed by atoms with E-state index >= 15 is 0 Å². The fourth-order valence-corrected chi connectivity index (χ4v) is 2.17. The molecule has 106 valence electrons. The fourth-order valence-electron chi connectivity index (χ4n) is 2.17. The van der Waals surface area contributed by atoms with Gasteiger partial charge in [-0.25, -0.2) is 0 Å². The van der Waals surface area contributed by atoms with Crippen LogP contribution in [0.4, 0.5) is 0 Å². The molecule has 4 nitrogen and oxygen atoms in total. The molecule has 0 saturated carbocycles. The fraction of sp³-hybridized carbons (Fsp3) is 0.600. The SMILES string of the molecule is Cc1cccc(OCC(O)CNCC2CCCO2)c1. The zero-order valence-electron chi connectivity index (χ0n) is 11.5. The van der Waals surface area contributed by atoms with Gasteiger partial charge in [-0.3, -0.25) is 0 Å². The van der Waals surface area contributed by atoms with Crippen LogP contribution >= 0.6 is 0 Å². The van der Waals surface area contributed by atoms with Crippen LogP contribution in [0.15, 0.2) is 24.3 Å². The highest BCUT2D eigenvalue weighted by Crippen LogP contribution is 2.12. The Morgan fingerprint density at radius 2 is 2.42 bits per heavy atom. The number of ether oxygens (including phenoxy) is 2. The predicted molar refractivity (Wildman–Crippen MR) is 74.5 cm³/mol. The minimum atomic E-state index is -0.498. The average Bonchev–Trinajstić information content (AvgIpc) is 2.90. The second-order valence-electron chi connectivity index (χ2n) is 5.07. The van der Waals surface area contributed by atoms with Crippen molar-refractivity contribution in [3.05, 3.63) is 29.8 Å². The largest absolute Gasteiger partial charge is 0.491 e. The molecular formula is C15H23NO3. The van der Waals surface area contributed by atoms with E-state index < -0.39 is 6.10 Å². The molecule has 1 fully saturated rings. The van der Waals surface area contributed by atoms with E-state index in [4.69, 9.17) is 9.47 Å². The molecule has 2 unspecified atom stereocenters. The van der Waals surface area contributed by atoms with Gasteiger partial charge < -0.3 is 19.9 Å². The molecule has 2 rings (SSSR count). The van der Waals surface area contributed by atoms with Crippen LogP contribution in [-0.4, -0.2) is 43.6 Å². The van der Waals surface area contributed by atoms with E-state index in [-0.39, 0.29) is 0 Å². The lowest BCUT2D eigenvalue weighted by molar-refractivity contribution is 0.0881. The molecule has 4 heteroatoms. The Labute approximate surface area is 114 Å². The van der Waals surface area contributed by atoms with Gasteiger partial charge in [0.1, 0.15) is 18.5 Å². The Kier molecular flexibility index (Phi) is 5.63. The number of aliphatic hydroxyl groups is 1. The van der Waals surface area contributed by atoms with E-state index in [9.17, 15) is 5.11 Å². The van der Waals surface area contributed by atoms with Crippen molar-refractivity contribution in [1.29, 1.82) is 0 Å². The third-order valence-electron chi connectivity index (χ3n) is 3.21. The highest BCUT2D eigenvalue weighted by atomic mass is 16.5. The van der Waals surface area contributed by atoms with Gasteiger partial charge in [-0.15, -0.1) is 0 Å². The van der Waals surface area contributed by atoms with E-state index in [1.807, 2.05) is 31.2 Å². The summed E-state index contributed by atoms with van der Waals surface area (Å²) >= 11 is 0. The van der Waals surface area contributed by atoms with Gasteiger partial charge in [-0.2, -0.15) is 0 Å². The van der Waals surface area contributed by atoms with Crippen molar-refractivity contribution in [2.24, 2.45) is 0 Å². The van der Waals surface area contributed by atoms with Crippen molar-refractivity contribution in [1.82, 2.24) is 5.32 Å². The van der Waals surface area contributed by atoms with Crippen molar-refractivity contribution in [2.45, 2.75) is 32.0 Å². The summed E-state index contributed by atoms with van der Waals surface area (Å²) in [5, 5.41) is 13.0. The average molecular weight is 265 g/mol. The summed E-state index contributed by atoms with van der Waals surface area (Å²) in [4.78, 5) is 0. The third kappa shape index (κ3) is 5.19. The van der Waals surface area contributed by atoms with Crippen LogP contribution in [0, 0.1) is 6.92 Å². The molecule has 1 aliphatic rings. The number of hydrogen-bond donors (Lipinski definition) is 2. The summed E-state index contributed by atoms with van der Waals surface area (Å²) < 4.78 is 11.1. The summed E-state index contributed by atoms with van der Waals surface area (Å²) in [6.45, 7) is 4.53. The zero-order chi connectivity index (χ0) is 13.5. The third-order valence-corrected chi connectivity index (χ3v) is 3.21. The summed E-state index contributed by atoms with van der Waals surface area (Å²) in [7, 11) is 0. The van der Waals surface area contributed by atoms with Crippen LogP contribution in [0.25, 0.3) is 0 Å². The molecule has 0 spiro atoms. The second kappa shape index (κ2) is 7.48. The lowest BCUT2D eigenvalue weighted by Crippen LogP contribution is -2.35. The van der Waals surface area contributed by atoms with Crippen LogP contribution in [0.3, 0.4) is 0 Å². The van der Waals surface area contributed by atoms with Crippen LogP contribution in [0.5, 0.6) is 5.75 Å². The Balaban J connectivity index is 1.60. The molecular weight excluding hydrogens is 242 g/mol. The van der Waals surface area contributed by atoms with Gasteiger partial charge in [0.25, 0.3) is 0 Å². The van der Waals surface area contributed by atoms with Crippen LogP contribution < -0.4 is 10.1 Å². The molecule has 1 saturated heterocycles. The van der Waals surface area contributed by atoms with Crippen molar-refractivity contribution in [3.63, 3.8) is 0 Å². The number of hydrogen-bond acceptors (Lipinski definition) is 4. The van der Waals surface area contributed by atoms with Gasteiger partial charge in [0, 0.05) is 19.7 Å². The number of benzene rings is 1. The quantitative estimate of drug-likeness (QED) is 0.784. The molecule has 0 aliphatic carbocycles. The molecule has 1 aromatic carbocycles. The molecule has 0 radical (unpaired) electrons. The summed E-state index contributed by atoms with van der Waals surface area (Å²) in [5.74, 6) is 0.804. The molecule has 1 heterocycles. The molecule has 2 N–H and O–H groups in total. The molecule has 19 heavy (non-hydrogen) atoms. The standard InChI is InChI=1S/C15H23NO3/c1-12-4-2-5-14(8-12)19-11-13(17)9-16-10-15-6-3-7-18-15/h2,4-5,8,13,15-17H,3,6-7,9-11H2,1H3. The normalized spacial score (nSPS) is 20.4. The highest BCUT2D eigenvalue weighted by molar-refractivity contribution is 5.27. The lowest BCUT2D eigenvalue weighted by atomic mass is 10.2.